The van der Waals surface area contributed by atoms with Gasteiger partial charge in [0.15, 0.2) is 5.69 Å². The number of H-pyrrole nitrogens is 1. The molecular formula is C17H25N3O5. The van der Waals surface area contributed by atoms with E-state index in [0.717, 1.165) is 17.7 Å². The number of carbonyl (C=O) groups excluding carboxylic acids is 1. The Morgan fingerprint density at radius 2 is 2.08 bits per heavy atom. The number of piperidine rings is 1. The van der Waals surface area contributed by atoms with Gasteiger partial charge in [-0.1, -0.05) is 0 Å². The molecule has 3 aliphatic rings. The van der Waals surface area contributed by atoms with Crippen molar-refractivity contribution in [3.05, 3.63) is 17.0 Å². The van der Waals surface area contributed by atoms with Crippen molar-refractivity contribution in [2.75, 3.05) is 26.3 Å². The largest absolute Gasteiger partial charge is 0.387 e. The Hall–Kier alpha value is -1.48. The number of hydrogen-bond donors (Lipinski definition) is 3. The van der Waals surface area contributed by atoms with E-state index >= 15 is 0 Å². The molecule has 25 heavy (non-hydrogen) atoms. The lowest BCUT2D eigenvalue weighted by atomic mass is 9.75. The SMILES string of the molecule is C[C@@]1(O)CCOC2(CCN(C(=O)c3n[nH]c4c3COCC4)CC2)[C@H]1O. The fourth-order valence-corrected chi connectivity index (χ4v) is 4.19. The van der Waals surface area contributed by atoms with Gasteiger partial charge in [-0.25, -0.2) is 0 Å². The van der Waals surface area contributed by atoms with Gasteiger partial charge in [-0.05, 0) is 19.8 Å². The highest BCUT2D eigenvalue weighted by molar-refractivity contribution is 5.94. The van der Waals surface area contributed by atoms with Gasteiger partial charge in [0.2, 0.25) is 0 Å². The molecule has 0 saturated carbocycles. The highest BCUT2D eigenvalue weighted by atomic mass is 16.5. The van der Waals surface area contributed by atoms with Gasteiger partial charge in [0.05, 0.1) is 25.4 Å². The summed E-state index contributed by atoms with van der Waals surface area (Å²) >= 11 is 0. The van der Waals surface area contributed by atoms with E-state index in [0.29, 0.717) is 57.9 Å². The quantitative estimate of drug-likeness (QED) is 0.657. The Morgan fingerprint density at radius 1 is 1.32 bits per heavy atom. The summed E-state index contributed by atoms with van der Waals surface area (Å²) in [5.41, 5.74) is 0.344. The Balaban J connectivity index is 1.47. The number of fused-ring (bicyclic) bond motifs is 1. The van der Waals surface area contributed by atoms with Gasteiger partial charge in [0.1, 0.15) is 11.7 Å². The Bertz CT molecular complexity index is 663. The van der Waals surface area contributed by atoms with Gasteiger partial charge in [0.25, 0.3) is 5.91 Å². The molecule has 0 unspecified atom stereocenters. The molecule has 0 radical (unpaired) electrons. The molecule has 1 spiro atoms. The second-order valence-corrected chi connectivity index (χ2v) is 7.55. The molecule has 4 heterocycles. The lowest BCUT2D eigenvalue weighted by Gasteiger charge is -2.51. The molecular weight excluding hydrogens is 326 g/mol. The van der Waals surface area contributed by atoms with E-state index in [4.69, 9.17) is 9.47 Å². The highest BCUT2D eigenvalue weighted by Gasteiger charge is 2.53. The van der Waals surface area contributed by atoms with E-state index in [2.05, 4.69) is 10.2 Å². The topological polar surface area (TPSA) is 108 Å². The van der Waals surface area contributed by atoms with Crippen molar-refractivity contribution in [2.24, 2.45) is 0 Å². The molecule has 0 aliphatic carbocycles. The van der Waals surface area contributed by atoms with Crippen LogP contribution in [0.4, 0.5) is 0 Å². The van der Waals surface area contributed by atoms with Crippen molar-refractivity contribution < 1.29 is 24.5 Å². The molecule has 2 saturated heterocycles. The second kappa shape index (κ2) is 6.05. The number of amides is 1. The van der Waals surface area contributed by atoms with Gasteiger partial charge in [-0.3, -0.25) is 9.89 Å². The third-order valence-electron chi connectivity index (χ3n) is 5.88. The van der Waals surface area contributed by atoms with Gasteiger partial charge in [-0.15, -0.1) is 0 Å². The van der Waals surface area contributed by atoms with Crippen molar-refractivity contribution in [1.82, 2.24) is 15.1 Å². The van der Waals surface area contributed by atoms with Crippen molar-refractivity contribution in [3.63, 3.8) is 0 Å². The minimum atomic E-state index is -1.15. The van der Waals surface area contributed by atoms with Crippen LogP contribution >= 0.6 is 0 Å². The van der Waals surface area contributed by atoms with Gasteiger partial charge in [0, 0.05) is 37.2 Å². The predicted octanol–water partition coefficient (Wildman–Crippen LogP) is -0.0106. The summed E-state index contributed by atoms with van der Waals surface area (Å²) in [6.45, 7) is 4.06. The van der Waals surface area contributed by atoms with Gasteiger partial charge >= 0.3 is 0 Å². The number of aliphatic hydroxyl groups is 2. The number of nitrogens with one attached hydrogen (secondary N) is 1. The normalized spacial score (nSPS) is 31.8. The highest BCUT2D eigenvalue weighted by Crippen LogP contribution is 2.40. The Morgan fingerprint density at radius 3 is 2.84 bits per heavy atom. The number of aromatic amines is 1. The van der Waals surface area contributed by atoms with Crippen LogP contribution in [0.2, 0.25) is 0 Å². The Kier molecular flexibility index (Phi) is 4.10. The fourth-order valence-electron chi connectivity index (χ4n) is 4.19. The molecule has 0 bridgehead atoms. The van der Waals surface area contributed by atoms with Crippen LogP contribution < -0.4 is 0 Å². The van der Waals surface area contributed by atoms with Crippen molar-refractivity contribution >= 4 is 5.91 Å². The summed E-state index contributed by atoms with van der Waals surface area (Å²) in [6.07, 6.45) is 1.21. The van der Waals surface area contributed by atoms with Crippen molar-refractivity contribution in [3.8, 4) is 0 Å². The van der Waals surface area contributed by atoms with Crippen LogP contribution in [-0.2, 0) is 22.5 Å². The molecule has 0 aromatic carbocycles. The smallest absolute Gasteiger partial charge is 0.274 e. The molecule has 1 aromatic heterocycles. The first-order chi connectivity index (χ1) is 11.9. The minimum Gasteiger partial charge on any atom is -0.387 e. The van der Waals surface area contributed by atoms with Gasteiger partial charge in [-0.2, -0.15) is 5.10 Å². The number of rotatable bonds is 1. The summed E-state index contributed by atoms with van der Waals surface area (Å²) < 4.78 is 11.3. The van der Waals surface area contributed by atoms with Crippen LogP contribution in [0, 0.1) is 0 Å². The van der Waals surface area contributed by atoms with E-state index in [-0.39, 0.29) is 5.91 Å². The number of hydrogen-bond acceptors (Lipinski definition) is 6. The van der Waals surface area contributed by atoms with Crippen LogP contribution in [0.1, 0.15) is 47.9 Å². The van der Waals surface area contributed by atoms with E-state index in [1.807, 2.05) is 0 Å². The predicted molar refractivity (Wildman–Crippen MR) is 87.0 cm³/mol. The molecule has 1 aromatic rings. The number of likely N-dealkylation sites (tertiary alicyclic amines) is 1. The maximum Gasteiger partial charge on any atom is 0.274 e. The maximum absolute atomic E-state index is 12.8. The molecule has 3 aliphatic heterocycles. The standard InChI is InChI=1S/C17H25N3O5/c1-16(23)5-9-25-17(15(16)22)3-6-20(7-4-17)14(21)13-11-10-24-8-2-12(11)18-19-13/h15,22-23H,2-10H2,1H3,(H,18,19)/t15-,16+/m0/s1. The molecule has 2 fully saturated rings. The van der Waals surface area contributed by atoms with E-state index in [1.165, 1.54) is 0 Å². The van der Waals surface area contributed by atoms with Crippen LogP contribution in [0.15, 0.2) is 0 Å². The zero-order chi connectivity index (χ0) is 17.7. The van der Waals surface area contributed by atoms with Crippen LogP contribution in [0.5, 0.6) is 0 Å². The minimum absolute atomic E-state index is 0.116. The number of aromatic nitrogens is 2. The molecule has 3 N–H and O–H groups in total. The molecule has 1 amide bonds. The van der Waals surface area contributed by atoms with E-state index in [9.17, 15) is 15.0 Å². The summed E-state index contributed by atoms with van der Waals surface area (Å²) in [6, 6.07) is 0. The van der Waals surface area contributed by atoms with E-state index < -0.39 is 17.3 Å². The molecule has 8 heteroatoms. The first kappa shape index (κ1) is 17.0. The van der Waals surface area contributed by atoms with Crippen molar-refractivity contribution in [2.45, 2.75) is 56.5 Å². The van der Waals surface area contributed by atoms with Crippen LogP contribution in [0.3, 0.4) is 0 Å². The maximum atomic E-state index is 12.8. The number of carbonyl (C=O) groups is 1. The lowest BCUT2D eigenvalue weighted by molar-refractivity contribution is -0.244. The first-order valence-corrected chi connectivity index (χ1v) is 8.90. The molecule has 8 nitrogen and oxygen atoms in total. The van der Waals surface area contributed by atoms with Crippen LogP contribution in [-0.4, -0.2) is 74.8 Å². The third-order valence-corrected chi connectivity index (χ3v) is 5.88. The first-order valence-electron chi connectivity index (χ1n) is 8.90. The van der Waals surface area contributed by atoms with Gasteiger partial charge < -0.3 is 24.6 Å². The average Bonchev–Trinajstić information content (AvgIpc) is 3.04. The summed E-state index contributed by atoms with van der Waals surface area (Å²) in [7, 11) is 0. The molecule has 138 valence electrons. The monoisotopic (exact) mass is 351 g/mol. The number of nitrogens with zero attached hydrogens (tertiary/aromatic N) is 2. The summed E-state index contributed by atoms with van der Waals surface area (Å²) in [4.78, 5) is 14.6. The summed E-state index contributed by atoms with van der Waals surface area (Å²) in [5, 5.41) is 28.1. The fraction of sp³-hybridized carbons (Fsp3) is 0.765. The zero-order valence-corrected chi connectivity index (χ0v) is 14.5. The number of aliphatic hydroxyl groups excluding tert-OH is 1. The molecule has 4 rings (SSSR count). The van der Waals surface area contributed by atoms with E-state index in [1.54, 1.807) is 11.8 Å². The molecule has 2 atom stereocenters. The zero-order valence-electron chi connectivity index (χ0n) is 14.5. The lowest BCUT2D eigenvalue weighted by Crippen LogP contribution is -2.64. The second-order valence-electron chi connectivity index (χ2n) is 7.55. The number of ether oxygens (including phenoxy) is 2. The third kappa shape index (κ3) is 2.77. The average molecular weight is 351 g/mol. The van der Waals surface area contributed by atoms with Crippen molar-refractivity contribution in [1.29, 1.82) is 0 Å². The Labute approximate surface area is 146 Å². The summed E-state index contributed by atoms with van der Waals surface area (Å²) in [5.74, 6) is -0.116. The van der Waals surface area contributed by atoms with Crippen LogP contribution in [0.25, 0.3) is 0 Å².